The van der Waals surface area contributed by atoms with Gasteiger partial charge in [-0.05, 0) is 54.6 Å². The fourth-order valence-corrected chi connectivity index (χ4v) is 2.87. The van der Waals surface area contributed by atoms with Crippen LogP contribution in [0.15, 0.2) is 18.2 Å². The number of benzene rings is 1. The van der Waals surface area contributed by atoms with Gasteiger partial charge in [0.25, 0.3) is 5.91 Å². The lowest BCUT2D eigenvalue weighted by molar-refractivity contribution is -0.139. The second-order valence-corrected chi connectivity index (χ2v) is 7.07. The number of amides is 1. The van der Waals surface area contributed by atoms with Crippen molar-refractivity contribution in [3.05, 3.63) is 32.4 Å². The number of carbonyl (C=O) groups excluding carboxylic acids is 1. The number of carbonyl (C=O) groups is 1. The van der Waals surface area contributed by atoms with E-state index in [0.717, 1.165) is 3.57 Å². The van der Waals surface area contributed by atoms with E-state index >= 15 is 0 Å². The Balaban J connectivity index is 2.21. The van der Waals surface area contributed by atoms with Gasteiger partial charge < -0.3 is 14.7 Å². The molecule has 1 unspecified atom stereocenters. The molecule has 0 saturated carbocycles. The van der Waals surface area contributed by atoms with Crippen molar-refractivity contribution in [3.8, 4) is 0 Å². The van der Waals surface area contributed by atoms with Crippen LogP contribution in [0.3, 0.4) is 0 Å². The first-order chi connectivity index (χ1) is 9.32. The minimum atomic E-state index is -0.464. The van der Waals surface area contributed by atoms with E-state index in [4.69, 9.17) is 16.3 Å². The third kappa shape index (κ3) is 3.63. The van der Waals surface area contributed by atoms with Crippen LogP contribution in [0.4, 0.5) is 0 Å². The van der Waals surface area contributed by atoms with Gasteiger partial charge in [-0.2, -0.15) is 0 Å². The quantitative estimate of drug-likeness (QED) is 0.764. The highest BCUT2D eigenvalue weighted by molar-refractivity contribution is 14.1. The van der Waals surface area contributed by atoms with Crippen LogP contribution in [0.5, 0.6) is 0 Å². The molecule has 1 aliphatic rings. The molecule has 1 aliphatic heterocycles. The van der Waals surface area contributed by atoms with E-state index in [1.165, 1.54) is 0 Å². The van der Waals surface area contributed by atoms with Gasteiger partial charge in [0.15, 0.2) is 0 Å². The molecular formula is C14H17ClINO3. The summed E-state index contributed by atoms with van der Waals surface area (Å²) in [4.78, 5) is 14.3. The van der Waals surface area contributed by atoms with Gasteiger partial charge in [0.05, 0.1) is 23.3 Å². The standard InChI is InChI=1S/C14H17ClINO3/c1-14(2)8-17(6-10(7-18)20-14)13(19)9-3-4-12(16)11(15)5-9/h3-5,10,18H,6-8H2,1-2H3. The molecule has 1 fully saturated rings. The third-order valence-corrected chi connectivity index (χ3v) is 4.71. The van der Waals surface area contributed by atoms with E-state index in [2.05, 4.69) is 22.6 Å². The predicted molar refractivity (Wildman–Crippen MR) is 86.1 cm³/mol. The van der Waals surface area contributed by atoms with Crippen LogP contribution >= 0.6 is 34.2 Å². The summed E-state index contributed by atoms with van der Waals surface area (Å²) in [6.07, 6.45) is -0.345. The van der Waals surface area contributed by atoms with Crippen LogP contribution in [0.1, 0.15) is 24.2 Å². The SMILES string of the molecule is CC1(C)CN(C(=O)c2ccc(I)c(Cl)c2)CC(CO)O1. The highest BCUT2D eigenvalue weighted by Gasteiger charge is 2.35. The Hall–Kier alpha value is -0.370. The molecule has 0 spiro atoms. The first kappa shape index (κ1) is 16.0. The summed E-state index contributed by atoms with van der Waals surface area (Å²) in [5.41, 5.74) is 0.0960. The van der Waals surface area contributed by atoms with E-state index in [1.54, 1.807) is 17.0 Å². The van der Waals surface area contributed by atoms with E-state index in [9.17, 15) is 9.90 Å². The summed E-state index contributed by atoms with van der Waals surface area (Å²) in [7, 11) is 0. The predicted octanol–water partition coefficient (Wildman–Crippen LogP) is 2.56. The Morgan fingerprint density at radius 2 is 2.30 bits per heavy atom. The van der Waals surface area contributed by atoms with Crippen LogP contribution in [0.2, 0.25) is 5.02 Å². The highest BCUT2D eigenvalue weighted by atomic mass is 127. The van der Waals surface area contributed by atoms with Crippen molar-refractivity contribution in [3.63, 3.8) is 0 Å². The molecule has 1 N–H and O–H groups in total. The Labute approximate surface area is 137 Å². The van der Waals surface area contributed by atoms with Crippen molar-refractivity contribution < 1.29 is 14.6 Å². The van der Waals surface area contributed by atoms with Gasteiger partial charge in [0, 0.05) is 22.2 Å². The molecule has 20 heavy (non-hydrogen) atoms. The molecule has 0 radical (unpaired) electrons. The number of ether oxygens (including phenoxy) is 1. The smallest absolute Gasteiger partial charge is 0.254 e. The normalized spacial score (nSPS) is 21.9. The fourth-order valence-electron chi connectivity index (χ4n) is 2.36. The van der Waals surface area contributed by atoms with Gasteiger partial charge in [-0.25, -0.2) is 0 Å². The lowest BCUT2D eigenvalue weighted by Gasteiger charge is -2.42. The van der Waals surface area contributed by atoms with Gasteiger partial charge in [-0.3, -0.25) is 4.79 Å². The lowest BCUT2D eigenvalue weighted by atomic mass is 10.0. The molecule has 1 amide bonds. The molecule has 0 aromatic heterocycles. The second-order valence-electron chi connectivity index (χ2n) is 5.50. The molecule has 0 aliphatic carbocycles. The topological polar surface area (TPSA) is 49.8 Å². The minimum absolute atomic E-state index is 0.0851. The number of morpholine rings is 1. The third-order valence-electron chi connectivity index (χ3n) is 3.14. The molecule has 0 bridgehead atoms. The highest BCUT2D eigenvalue weighted by Crippen LogP contribution is 2.24. The van der Waals surface area contributed by atoms with Gasteiger partial charge >= 0.3 is 0 Å². The lowest BCUT2D eigenvalue weighted by Crippen LogP contribution is -2.55. The van der Waals surface area contributed by atoms with Crippen molar-refractivity contribution in [2.45, 2.75) is 25.6 Å². The minimum Gasteiger partial charge on any atom is -0.394 e. The fraction of sp³-hybridized carbons (Fsp3) is 0.500. The summed E-state index contributed by atoms with van der Waals surface area (Å²) in [6, 6.07) is 5.28. The number of halogens is 2. The average molecular weight is 410 g/mol. The average Bonchev–Trinajstić information content (AvgIpc) is 2.39. The largest absolute Gasteiger partial charge is 0.394 e. The monoisotopic (exact) mass is 409 g/mol. The van der Waals surface area contributed by atoms with Crippen molar-refractivity contribution in [1.82, 2.24) is 4.90 Å². The Bertz CT molecular complexity index is 521. The Morgan fingerprint density at radius 1 is 1.60 bits per heavy atom. The maximum absolute atomic E-state index is 12.5. The first-order valence-corrected chi connectivity index (χ1v) is 7.81. The molecule has 1 heterocycles. The number of nitrogens with zero attached hydrogens (tertiary/aromatic N) is 1. The van der Waals surface area contributed by atoms with E-state index in [-0.39, 0.29) is 18.6 Å². The molecule has 6 heteroatoms. The zero-order valence-electron chi connectivity index (χ0n) is 11.4. The van der Waals surface area contributed by atoms with Crippen LogP contribution in [0.25, 0.3) is 0 Å². The molecule has 4 nitrogen and oxygen atoms in total. The van der Waals surface area contributed by atoms with Crippen molar-refractivity contribution in [2.24, 2.45) is 0 Å². The van der Waals surface area contributed by atoms with Gasteiger partial charge in [-0.15, -0.1) is 0 Å². The summed E-state index contributed by atoms with van der Waals surface area (Å²) in [5.74, 6) is -0.0851. The van der Waals surface area contributed by atoms with Crippen molar-refractivity contribution >= 4 is 40.1 Å². The summed E-state index contributed by atoms with van der Waals surface area (Å²) in [5, 5.41) is 9.86. The maximum atomic E-state index is 12.5. The van der Waals surface area contributed by atoms with E-state index in [0.29, 0.717) is 23.7 Å². The zero-order chi connectivity index (χ0) is 14.9. The first-order valence-electron chi connectivity index (χ1n) is 6.35. The summed E-state index contributed by atoms with van der Waals surface area (Å²) >= 11 is 8.19. The number of hydrogen-bond donors (Lipinski definition) is 1. The molecule has 1 aromatic rings. The molecule has 110 valence electrons. The molecular weight excluding hydrogens is 393 g/mol. The second kappa shape index (κ2) is 6.17. The summed E-state index contributed by atoms with van der Waals surface area (Å²) in [6.45, 7) is 4.61. The molecule has 1 atom stereocenters. The van der Waals surface area contributed by atoms with Gasteiger partial charge in [-0.1, -0.05) is 11.6 Å². The van der Waals surface area contributed by atoms with E-state index in [1.807, 2.05) is 19.9 Å². The Kier molecular flexibility index (Phi) is 4.94. The Morgan fingerprint density at radius 3 is 2.90 bits per heavy atom. The maximum Gasteiger partial charge on any atom is 0.254 e. The van der Waals surface area contributed by atoms with Gasteiger partial charge in [0.2, 0.25) is 0 Å². The molecule has 1 aromatic carbocycles. The van der Waals surface area contributed by atoms with Crippen LogP contribution < -0.4 is 0 Å². The van der Waals surface area contributed by atoms with Crippen LogP contribution in [-0.2, 0) is 4.74 Å². The zero-order valence-corrected chi connectivity index (χ0v) is 14.3. The van der Waals surface area contributed by atoms with Crippen LogP contribution in [-0.4, -0.2) is 47.3 Å². The molecule has 2 rings (SSSR count). The summed E-state index contributed by atoms with van der Waals surface area (Å²) < 4.78 is 6.62. The number of aliphatic hydroxyl groups excluding tert-OH is 1. The molecule has 1 saturated heterocycles. The van der Waals surface area contributed by atoms with Crippen molar-refractivity contribution in [2.75, 3.05) is 19.7 Å². The van der Waals surface area contributed by atoms with Crippen LogP contribution in [0, 0.1) is 3.57 Å². The van der Waals surface area contributed by atoms with E-state index < -0.39 is 5.60 Å². The van der Waals surface area contributed by atoms with Gasteiger partial charge in [0.1, 0.15) is 0 Å². The number of aliphatic hydroxyl groups is 1. The number of rotatable bonds is 2. The van der Waals surface area contributed by atoms with Crippen molar-refractivity contribution in [1.29, 1.82) is 0 Å². The number of hydrogen-bond acceptors (Lipinski definition) is 3.